The van der Waals surface area contributed by atoms with Gasteiger partial charge in [-0.1, -0.05) is 39.8 Å². The van der Waals surface area contributed by atoms with Crippen LogP contribution in [0.2, 0.25) is 0 Å². The molecule has 4 nitrogen and oxygen atoms in total. The average molecular weight is 320 g/mol. The number of para-hydroxylation sites is 1. The fraction of sp³-hybridized carbons (Fsp3) is 0.579. The Morgan fingerprint density at radius 3 is 2.17 bits per heavy atom. The highest BCUT2D eigenvalue weighted by atomic mass is 16.6. The van der Waals surface area contributed by atoms with Gasteiger partial charge in [-0.15, -0.1) is 0 Å². The molecule has 0 spiro atoms. The quantitative estimate of drug-likeness (QED) is 0.489. The summed E-state index contributed by atoms with van der Waals surface area (Å²) in [6.07, 6.45) is 3.89. The summed E-state index contributed by atoms with van der Waals surface area (Å²) < 4.78 is 10.9. The van der Waals surface area contributed by atoms with Gasteiger partial charge in [0.1, 0.15) is 0 Å². The highest BCUT2D eigenvalue weighted by molar-refractivity contribution is 5.76. The van der Waals surface area contributed by atoms with Gasteiger partial charge in [-0.25, -0.2) is 0 Å². The van der Waals surface area contributed by atoms with Gasteiger partial charge < -0.3 is 9.47 Å². The van der Waals surface area contributed by atoms with Gasteiger partial charge in [0, 0.05) is 12.8 Å². The maximum atomic E-state index is 11.9. The third kappa shape index (κ3) is 6.85. The second kappa shape index (κ2) is 10.0. The molecule has 0 heterocycles. The van der Waals surface area contributed by atoms with E-state index in [4.69, 9.17) is 9.47 Å². The molecule has 1 aromatic rings. The van der Waals surface area contributed by atoms with Crippen LogP contribution < -0.4 is 9.47 Å². The summed E-state index contributed by atoms with van der Waals surface area (Å²) in [4.78, 5) is 23.7. The molecule has 0 aliphatic rings. The van der Waals surface area contributed by atoms with Crippen molar-refractivity contribution in [3.05, 3.63) is 23.8 Å². The van der Waals surface area contributed by atoms with Crippen molar-refractivity contribution in [1.82, 2.24) is 0 Å². The van der Waals surface area contributed by atoms with E-state index in [0.29, 0.717) is 30.3 Å². The molecule has 0 radical (unpaired) electrons. The van der Waals surface area contributed by atoms with Crippen molar-refractivity contribution in [2.45, 2.75) is 66.2 Å². The van der Waals surface area contributed by atoms with Gasteiger partial charge in [0.15, 0.2) is 11.5 Å². The molecule has 0 saturated heterocycles. The van der Waals surface area contributed by atoms with E-state index in [1.165, 1.54) is 0 Å². The molecule has 0 aliphatic heterocycles. The smallest absolute Gasteiger partial charge is 0.311 e. The zero-order chi connectivity index (χ0) is 17.2. The van der Waals surface area contributed by atoms with Crippen molar-refractivity contribution >= 4 is 11.9 Å². The number of carbonyl (C=O) groups is 2. The van der Waals surface area contributed by atoms with Crippen molar-refractivity contribution in [1.29, 1.82) is 0 Å². The SMILES string of the molecule is CCCC(=O)Oc1cccc(CCC(C)C)c1OC(=O)CCC. The van der Waals surface area contributed by atoms with E-state index in [0.717, 1.165) is 31.2 Å². The van der Waals surface area contributed by atoms with Gasteiger partial charge in [0.25, 0.3) is 0 Å². The van der Waals surface area contributed by atoms with E-state index >= 15 is 0 Å². The Balaban J connectivity index is 3.03. The van der Waals surface area contributed by atoms with E-state index in [1.54, 1.807) is 6.07 Å². The van der Waals surface area contributed by atoms with Gasteiger partial charge in [-0.3, -0.25) is 9.59 Å². The summed E-state index contributed by atoms with van der Waals surface area (Å²) in [6, 6.07) is 5.44. The predicted molar refractivity (Wildman–Crippen MR) is 90.7 cm³/mol. The Morgan fingerprint density at radius 2 is 1.61 bits per heavy atom. The molecule has 4 heteroatoms. The summed E-state index contributed by atoms with van der Waals surface area (Å²) in [7, 11) is 0. The molecule has 0 fully saturated rings. The Labute approximate surface area is 139 Å². The highest BCUT2D eigenvalue weighted by Gasteiger charge is 2.17. The van der Waals surface area contributed by atoms with Gasteiger partial charge in [-0.05, 0) is 43.2 Å². The lowest BCUT2D eigenvalue weighted by molar-refractivity contribution is -0.137. The van der Waals surface area contributed by atoms with Crippen LogP contribution in [0.4, 0.5) is 0 Å². The zero-order valence-corrected chi connectivity index (χ0v) is 14.7. The lowest BCUT2D eigenvalue weighted by atomic mass is 10.0. The van der Waals surface area contributed by atoms with Crippen LogP contribution in [0, 0.1) is 5.92 Å². The summed E-state index contributed by atoms with van der Waals surface area (Å²) in [5, 5.41) is 0. The fourth-order valence-electron chi connectivity index (χ4n) is 2.15. The monoisotopic (exact) mass is 320 g/mol. The van der Waals surface area contributed by atoms with Crippen LogP contribution in [0.15, 0.2) is 18.2 Å². The number of aryl methyl sites for hydroxylation is 1. The molecule has 23 heavy (non-hydrogen) atoms. The predicted octanol–water partition coefficient (Wildman–Crippen LogP) is 4.69. The topological polar surface area (TPSA) is 52.6 Å². The fourth-order valence-corrected chi connectivity index (χ4v) is 2.15. The van der Waals surface area contributed by atoms with Crippen molar-refractivity contribution in [3.63, 3.8) is 0 Å². The molecule has 1 aromatic carbocycles. The van der Waals surface area contributed by atoms with E-state index in [9.17, 15) is 9.59 Å². The number of benzene rings is 1. The van der Waals surface area contributed by atoms with Crippen LogP contribution in [0.5, 0.6) is 11.5 Å². The summed E-state index contributed by atoms with van der Waals surface area (Å²) in [5.41, 5.74) is 0.907. The minimum atomic E-state index is -0.304. The van der Waals surface area contributed by atoms with Crippen LogP contribution in [0.3, 0.4) is 0 Å². The minimum Gasteiger partial charge on any atom is -0.423 e. The number of rotatable bonds is 9. The van der Waals surface area contributed by atoms with Crippen molar-refractivity contribution in [2.75, 3.05) is 0 Å². The molecular weight excluding hydrogens is 292 g/mol. The van der Waals surface area contributed by atoms with Gasteiger partial charge >= 0.3 is 11.9 Å². The van der Waals surface area contributed by atoms with Gasteiger partial charge in [0.05, 0.1) is 0 Å². The first-order valence-corrected chi connectivity index (χ1v) is 8.51. The van der Waals surface area contributed by atoms with Crippen LogP contribution in [-0.2, 0) is 16.0 Å². The van der Waals surface area contributed by atoms with Crippen molar-refractivity contribution in [2.24, 2.45) is 5.92 Å². The number of hydrogen-bond donors (Lipinski definition) is 0. The molecule has 0 unspecified atom stereocenters. The lowest BCUT2D eigenvalue weighted by Crippen LogP contribution is -2.13. The Hall–Kier alpha value is -1.84. The first-order valence-electron chi connectivity index (χ1n) is 8.51. The second-order valence-electron chi connectivity index (χ2n) is 6.13. The summed E-state index contributed by atoms with van der Waals surface area (Å²) in [6.45, 7) is 8.14. The first-order chi connectivity index (χ1) is 11.0. The molecule has 0 N–H and O–H groups in total. The molecule has 0 amide bonds. The number of ether oxygens (including phenoxy) is 2. The third-order valence-electron chi connectivity index (χ3n) is 3.40. The normalized spacial score (nSPS) is 10.7. The molecule has 0 saturated carbocycles. The molecule has 0 bridgehead atoms. The third-order valence-corrected chi connectivity index (χ3v) is 3.40. The van der Waals surface area contributed by atoms with E-state index < -0.39 is 0 Å². The summed E-state index contributed by atoms with van der Waals surface area (Å²) in [5.74, 6) is 0.685. The van der Waals surface area contributed by atoms with Crippen molar-refractivity contribution < 1.29 is 19.1 Å². The number of carbonyl (C=O) groups excluding carboxylic acids is 2. The average Bonchev–Trinajstić information content (AvgIpc) is 2.48. The van der Waals surface area contributed by atoms with E-state index in [2.05, 4.69) is 13.8 Å². The number of hydrogen-bond acceptors (Lipinski definition) is 4. The Kier molecular flexibility index (Phi) is 8.38. The van der Waals surface area contributed by atoms with E-state index in [1.807, 2.05) is 26.0 Å². The number of esters is 2. The van der Waals surface area contributed by atoms with Crippen molar-refractivity contribution in [3.8, 4) is 11.5 Å². The first kappa shape index (κ1) is 19.2. The molecule has 0 atom stereocenters. The minimum absolute atomic E-state index is 0.294. The maximum absolute atomic E-state index is 11.9. The van der Waals surface area contributed by atoms with Crippen LogP contribution in [0.1, 0.15) is 65.4 Å². The maximum Gasteiger partial charge on any atom is 0.311 e. The molecule has 128 valence electrons. The Bertz CT molecular complexity index is 520. The highest BCUT2D eigenvalue weighted by Crippen LogP contribution is 2.33. The van der Waals surface area contributed by atoms with Gasteiger partial charge in [0.2, 0.25) is 0 Å². The molecule has 0 aliphatic carbocycles. The standard InChI is InChI=1S/C19H28O4/c1-5-8-17(20)22-16-11-7-10-15(13-12-14(3)4)19(16)23-18(21)9-6-2/h7,10-11,14H,5-6,8-9,12-13H2,1-4H3. The summed E-state index contributed by atoms with van der Waals surface area (Å²) >= 11 is 0. The molecule has 0 aromatic heterocycles. The Morgan fingerprint density at radius 1 is 1.00 bits per heavy atom. The van der Waals surface area contributed by atoms with Crippen LogP contribution in [0.25, 0.3) is 0 Å². The van der Waals surface area contributed by atoms with Crippen LogP contribution >= 0.6 is 0 Å². The largest absolute Gasteiger partial charge is 0.423 e. The zero-order valence-electron chi connectivity index (χ0n) is 14.7. The van der Waals surface area contributed by atoms with Gasteiger partial charge in [-0.2, -0.15) is 0 Å². The second-order valence-corrected chi connectivity index (χ2v) is 6.13. The van der Waals surface area contributed by atoms with Crippen LogP contribution in [-0.4, -0.2) is 11.9 Å². The molecule has 1 rings (SSSR count). The molecular formula is C19H28O4. The van der Waals surface area contributed by atoms with E-state index in [-0.39, 0.29) is 11.9 Å². The lowest BCUT2D eigenvalue weighted by Gasteiger charge is -2.15.